The molecule has 12 heavy (non-hydrogen) atoms. The van der Waals surface area contributed by atoms with Gasteiger partial charge in [-0.25, -0.2) is 0 Å². The molecule has 0 unspecified atom stereocenters. The molecule has 0 aliphatic heterocycles. The molecular formula is C10H8NO. The van der Waals surface area contributed by atoms with Crippen LogP contribution in [-0.2, 0) is 0 Å². The monoisotopic (exact) mass is 158 g/mol. The van der Waals surface area contributed by atoms with E-state index in [1.165, 1.54) is 0 Å². The van der Waals surface area contributed by atoms with Crippen LogP contribution in [0.15, 0.2) is 30.5 Å². The minimum atomic E-state index is 0.796. The fraction of sp³-hybridized carbons (Fsp3) is 0.100. The van der Waals surface area contributed by atoms with E-state index in [4.69, 9.17) is 4.74 Å². The highest BCUT2D eigenvalue weighted by Crippen LogP contribution is 2.21. The molecular weight excluding hydrogens is 150 g/mol. The second-order valence-electron chi connectivity index (χ2n) is 2.45. The first-order valence-corrected chi connectivity index (χ1v) is 3.71. The van der Waals surface area contributed by atoms with Crippen molar-refractivity contribution in [3.05, 3.63) is 36.5 Å². The van der Waals surface area contributed by atoms with Crippen molar-refractivity contribution in [1.29, 1.82) is 0 Å². The van der Waals surface area contributed by atoms with Gasteiger partial charge in [-0.1, -0.05) is 12.1 Å². The van der Waals surface area contributed by atoms with E-state index < -0.39 is 0 Å². The standard InChI is InChI=1S/C10H8NO/c1-12-9-6-2-4-8-5-3-7-11-10(8)9/h2-4,6-7H,1H3. The Bertz CT molecular complexity index is 392. The maximum atomic E-state index is 5.14. The molecule has 0 bridgehead atoms. The fourth-order valence-electron chi connectivity index (χ4n) is 1.18. The molecule has 59 valence electrons. The average molecular weight is 158 g/mol. The number of pyridine rings is 1. The number of methoxy groups -OCH3 is 1. The Balaban J connectivity index is 2.79. The molecule has 1 heterocycles. The fourth-order valence-corrected chi connectivity index (χ4v) is 1.18. The molecule has 1 aromatic carbocycles. The summed E-state index contributed by atoms with van der Waals surface area (Å²) in [5.74, 6) is 0.796. The second-order valence-corrected chi connectivity index (χ2v) is 2.45. The molecule has 0 aliphatic carbocycles. The number of hydrogen-bond acceptors (Lipinski definition) is 2. The molecule has 0 saturated heterocycles. The Morgan fingerprint density at radius 3 is 3.17 bits per heavy atom. The molecule has 2 nitrogen and oxygen atoms in total. The first-order valence-electron chi connectivity index (χ1n) is 3.71. The Hall–Kier alpha value is -1.57. The van der Waals surface area contributed by atoms with Crippen molar-refractivity contribution >= 4 is 10.9 Å². The number of benzene rings is 1. The number of hydrogen-bond donors (Lipinski definition) is 0. The third-order valence-electron chi connectivity index (χ3n) is 1.74. The number of nitrogens with zero attached hydrogens (tertiary/aromatic N) is 1. The van der Waals surface area contributed by atoms with E-state index in [9.17, 15) is 0 Å². The van der Waals surface area contributed by atoms with Gasteiger partial charge in [-0.15, -0.1) is 0 Å². The number of rotatable bonds is 1. The largest absolute Gasteiger partial charge is 0.494 e. The van der Waals surface area contributed by atoms with Crippen LogP contribution in [0.1, 0.15) is 0 Å². The van der Waals surface area contributed by atoms with Crippen molar-refractivity contribution in [3.63, 3.8) is 0 Å². The van der Waals surface area contributed by atoms with Gasteiger partial charge in [0.25, 0.3) is 0 Å². The van der Waals surface area contributed by atoms with E-state index in [1.54, 1.807) is 19.4 Å². The Morgan fingerprint density at radius 2 is 2.33 bits per heavy atom. The Kier molecular flexibility index (Phi) is 1.67. The maximum Gasteiger partial charge on any atom is 0.145 e. The summed E-state index contributed by atoms with van der Waals surface area (Å²) in [7, 11) is 1.64. The predicted molar refractivity (Wildman–Crippen MR) is 47.1 cm³/mol. The SMILES string of the molecule is COc1cccc2[c]ccnc12. The van der Waals surface area contributed by atoms with Gasteiger partial charge in [-0.2, -0.15) is 0 Å². The van der Waals surface area contributed by atoms with E-state index in [0.717, 1.165) is 16.7 Å². The third-order valence-corrected chi connectivity index (χ3v) is 1.74. The normalized spacial score (nSPS) is 10.1. The zero-order valence-corrected chi connectivity index (χ0v) is 6.74. The van der Waals surface area contributed by atoms with Crippen molar-refractivity contribution in [1.82, 2.24) is 4.98 Å². The molecule has 1 radical (unpaired) electrons. The van der Waals surface area contributed by atoms with Gasteiger partial charge in [-0.3, -0.25) is 4.98 Å². The van der Waals surface area contributed by atoms with Crippen LogP contribution in [0.2, 0.25) is 0 Å². The summed E-state index contributed by atoms with van der Waals surface area (Å²) in [5, 5.41) is 0.983. The zero-order valence-electron chi connectivity index (χ0n) is 6.74. The van der Waals surface area contributed by atoms with Crippen LogP contribution < -0.4 is 4.74 Å². The lowest BCUT2D eigenvalue weighted by Crippen LogP contribution is -1.86. The lowest BCUT2D eigenvalue weighted by atomic mass is 10.2. The minimum Gasteiger partial charge on any atom is -0.494 e. The zero-order chi connectivity index (χ0) is 8.39. The van der Waals surface area contributed by atoms with Gasteiger partial charge < -0.3 is 4.74 Å². The highest BCUT2D eigenvalue weighted by atomic mass is 16.5. The van der Waals surface area contributed by atoms with E-state index >= 15 is 0 Å². The van der Waals surface area contributed by atoms with Crippen LogP contribution in [-0.4, -0.2) is 12.1 Å². The molecule has 0 atom stereocenters. The molecule has 0 aliphatic rings. The van der Waals surface area contributed by atoms with Gasteiger partial charge in [0.15, 0.2) is 0 Å². The lowest BCUT2D eigenvalue weighted by Gasteiger charge is -2.01. The van der Waals surface area contributed by atoms with Crippen LogP contribution >= 0.6 is 0 Å². The Labute approximate surface area is 70.8 Å². The second kappa shape index (κ2) is 2.81. The highest BCUT2D eigenvalue weighted by molar-refractivity contribution is 5.83. The van der Waals surface area contributed by atoms with Gasteiger partial charge in [0.05, 0.1) is 7.11 Å². The summed E-state index contributed by atoms with van der Waals surface area (Å²) in [6, 6.07) is 10.7. The van der Waals surface area contributed by atoms with Crippen LogP contribution in [0.3, 0.4) is 0 Å². The predicted octanol–water partition coefficient (Wildman–Crippen LogP) is 2.04. The van der Waals surface area contributed by atoms with E-state index in [1.807, 2.05) is 18.2 Å². The number of para-hydroxylation sites is 1. The molecule has 2 rings (SSSR count). The summed E-state index contributed by atoms with van der Waals surface area (Å²) in [4.78, 5) is 4.20. The van der Waals surface area contributed by atoms with Gasteiger partial charge in [-0.05, 0) is 18.2 Å². The third kappa shape index (κ3) is 1.01. The van der Waals surface area contributed by atoms with Crippen molar-refractivity contribution < 1.29 is 4.74 Å². The van der Waals surface area contributed by atoms with E-state index in [0.29, 0.717) is 0 Å². The molecule has 1 aromatic heterocycles. The van der Waals surface area contributed by atoms with Crippen LogP contribution in [0.4, 0.5) is 0 Å². The maximum absolute atomic E-state index is 5.14. The van der Waals surface area contributed by atoms with Crippen molar-refractivity contribution in [2.24, 2.45) is 0 Å². The highest BCUT2D eigenvalue weighted by Gasteiger charge is 1.99. The first-order chi connectivity index (χ1) is 5.92. The summed E-state index contributed by atoms with van der Waals surface area (Å²) >= 11 is 0. The molecule has 2 heteroatoms. The van der Waals surface area contributed by atoms with E-state index in [-0.39, 0.29) is 0 Å². The van der Waals surface area contributed by atoms with Crippen LogP contribution in [0.5, 0.6) is 5.75 Å². The summed E-state index contributed by atoms with van der Waals surface area (Å²) in [6.45, 7) is 0. The number of aromatic nitrogens is 1. The molecule has 0 fully saturated rings. The van der Waals surface area contributed by atoms with Gasteiger partial charge >= 0.3 is 0 Å². The molecule has 0 N–H and O–H groups in total. The van der Waals surface area contributed by atoms with Gasteiger partial charge in [0, 0.05) is 11.6 Å². The quantitative estimate of drug-likeness (QED) is 0.633. The van der Waals surface area contributed by atoms with Gasteiger partial charge in [0.2, 0.25) is 0 Å². The molecule has 2 aromatic rings. The molecule has 0 amide bonds. The van der Waals surface area contributed by atoms with Gasteiger partial charge in [0.1, 0.15) is 11.3 Å². The summed E-state index contributed by atoms with van der Waals surface area (Å²) < 4.78 is 5.14. The average Bonchev–Trinajstić information content (AvgIpc) is 2.17. The number of ether oxygens (including phenoxy) is 1. The summed E-state index contributed by atoms with van der Waals surface area (Å²) in [6.07, 6.45) is 1.71. The lowest BCUT2D eigenvalue weighted by molar-refractivity contribution is 0.419. The van der Waals surface area contributed by atoms with Crippen LogP contribution in [0.25, 0.3) is 10.9 Å². The van der Waals surface area contributed by atoms with Crippen molar-refractivity contribution in [3.8, 4) is 5.75 Å². The van der Waals surface area contributed by atoms with Crippen molar-refractivity contribution in [2.75, 3.05) is 7.11 Å². The minimum absolute atomic E-state index is 0.796. The molecule has 0 spiro atoms. The van der Waals surface area contributed by atoms with E-state index in [2.05, 4.69) is 11.1 Å². The van der Waals surface area contributed by atoms with Crippen molar-refractivity contribution in [2.45, 2.75) is 0 Å². The number of fused-ring (bicyclic) bond motifs is 1. The first kappa shape index (κ1) is 7.10. The van der Waals surface area contributed by atoms with Crippen LogP contribution in [0, 0.1) is 6.07 Å². The summed E-state index contributed by atoms with van der Waals surface area (Å²) in [5.41, 5.74) is 0.863. The molecule has 0 saturated carbocycles. The topological polar surface area (TPSA) is 22.1 Å². The Morgan fingerprint density at radius 1 is 1.42 bits per heavy atom. The smallest absolute Gasteiger partial charge is 0.145 e.